The average molecular weight is 378 g/mol. The quantitative estimate of drug-likeness (QED) is 0.709. The van der Waals surface area contributed by atoms with Crippen LogP contribution in [-0.2, 0) is 4.74 Å². The van der Waals surface area contributed by atoms with Gasteiger partial charge in [-0.15, -0.1) is 5.10 Å². The predicted octanol–water partition coefficient (Wildman–Crippen LogP) is 3.75. The Morgan fingerprint density at radius 1 is 1.04 bits per heavy atom. The zero-order chi connectivity index (χ0) is 18.1. The summed E-state index contributed by atoms with van der Waals surface area (Å²) in [5.41, 5.74) is 1.77. The summed E-state index contributed by atoms with van der Waals surface area (Å²) in [7, 11) is 0. The fraction of sp³-hybridized carbons (Fsp3) is 0.176. The molecule has 26 heavy (non-hydrogen) atoms. The van der Waals surface area contributed by atoms with Crippen LogP contribution in [0.3, 0.4) is 0 Å². The van der Waals surface area contributed by atoms with Crippen LogP contribution in [0, 0.1) is 11.6 Å². The van der Waals surface area contributed by atoms with Crippen LogP contribution in [0.2, 0.25) is 5.02 Å². The number of hydrogen-bond acceptors (Lipinski definition) is 5. The SMILES string of the molecule is Fc1cc(F)cc(-n2cnc(Nc3cc(Cl)cc(NC4COC4)c3)n2)c1. The topological polar surface area (TPSA) is 64.0 Å². The average Bonchev–Trinajstić information content (AvgIpc) is 2.98. The highest BCUT2D eigenvalue weighted by Crippen LogP contribution is 2.26. The molecule has 0 spiro atoms. The first-order chi connectivity index (χ1) is 12.5. The zero-order valence-corrected chi connectivity index (χ0v) is 14.2. The summed E-state index contributed by atoms with van der Waals surface area (Å²) in [6.45, 7) is 1.32. The summed E-state index contributed by atoms with van der Waals surface area (Å²) in [6.07, 6.45) is 1.37. The molecule has 2 heterocycles. The minimum atomic E-state index is -0.685. The summed E-state index contributed by atoms with van der Waals surface area (Å²) >= 11 is 6.16. The highest BCUT2D eigenvalue weighted by Gasteiger charge is 2.18. The molecule has 0 atom stereocenters. The summed E-state index contributed by atoms with van der Waals surface area (Å²) in [5, 5.41) is 11.1. The largest absolute Gasteiger partial charge is 0.378 e. The molecule has 3 aromatic rings. The van der Waals surface area contributed by atoms with Crippen molar-refractivity contribution in [2.24, 2.45) is 0 Å². The smallest absolute Gasteiger partial charge is 0.246 e. The first kappa shape index (κ1) is 16.7. The second kappa shape index (κ2) is 6.89. The van der Waals surface area contributed by atoms with Crippen LogP contribution in [0.5, 0.6) is 0 Å². The van der Waals surface area contributed by atoms with E-state index in [9.17, 15) is 8.78 Å². The standard InChI is InChI=1S/C17H14ClF2N5O/c18-10-1-13(22-15-7-26-8-15)6-14(2-10)23-17-21-9-25(24-17)16-4-11(19)3-12(20)5-16/h1-6,9,15,22H,7-8H2,(H,23,24). The lowest BCUT2D eigenvalue weighted by molar-refractivity contribution is 0.0211. The Bertz CT molecular complexity index is 924. The summed E-state index contributed by atoms with van der Waals surface area (Å²) in [4.78, 5) is 4.11. The highest BCUT2D eigenvalue weighted by molar-refractivity contribution is 6.31. The third-order valence-corrected chi connectivity index (χ3v) is 3.98. The van der Waals surface area contributed by atoms with Gasteiger partial charge < -0.3 is 15.4 Å². The van der Waals surface area contributed by atoms with Gasteiger partial charge in [0.25, 0.3) is 0 Å². The van der Waals surface area contributed by atoms with Gasteiger partial charge in [0.2, 0.25) is 5.95 Å². The molecule has 0 saturated carbocycles. The van der Waals surface area contributed by atoms with Crippen LogP contribution >= 0.6 is 11.6 Å². The van der Waals surface area contributed by atoms with Gasteiger partial charge in [0.05, 0.1) is 24.9 Å². The van der Waals surface area contributed by atoms with Crippen LogP contribution < -0.4 is 10.6 Å². The number of aromatic nitrogens is 3. The lowest BCUT2D eigenvalue weighted by Crippen LogP contribution is -2.40. The third-order valence-electron chi connectivity index (χ3n) is 3.77. The van der Waals surface area contributed by atoms with Crippen molar-refractivity contribution in [1.29, 1.82) is 0 Å². The molecule has 1 saturated heterocycles. The maximum Gasteiger partial charge on any atom is 0.246 e. The minimum absolute atomic E-state index is 0.237. The Morgan fingerprint density at radius 2 is 1.77 bits per heavy atom. The lowest BCUT2D eigenvalue weighted by Gasteiger charge is -2.28. The monoisotopic (exact) mass is 377 g/mol. The predicted molar refractivity (Wildman–Crippen MR) is 94.2 cm³/mol. The molecule has 6 nitrogen and oxygen atoms in total. The number of nitrogens with one attached hydrogen (secondary N) is 2. The second-order valence-electron chi connectivity index (χ2n) is 5.87. The van der Waals surface area contributed by atoms with Crippen molar-refractivity contribution >= 4 is 28.9 Å². The number of halogens is 3. The number of hydrogen-bond donors (Lipinski definition) is 2. The molecule has 1 aliphatic rings. The van der Waals surface area contributed by atoms with E-state index in [-0.39, 0.29) is 17.7 Å². The Morgan fingerprint density at radius 3 is 2.46 bits per heavy atom. The molecular weight excluding hydrogens is 364 g/mol. The second-order valence-corrected chi connectivity index (χ2v) is 6.31. The molecule has 4 rings (SSSR count). The zero-order valence-electron chi connectivity index (χ0n) is 13.4. The molecule has 0 unspecified atom stereocenters. The minimum Gasteiger partial charge on any atom is -0.378 e. The van der Waals surface area contributed by atoms with Crippen LogP contribution in [0.25, 0.3) is 5.69 Å². The molecule has 9 heteroatoms. The molecule has 0 bridgehead atoms. The van der Waals surface area contributed by atoms with Gasteiger partial charge in [-0.05, 0) is 30.3 Å². The summed E-state index contributed by atoms with van der Waals surface area (Å²) in [5.74, 6) is -1.10. The van der Waals surface area contributed by atoms with E-state index in [0.717, 1.165) is 11.8 Å². The number of nitrogens with zero attached hydrogens (tertiary/aromatic N) is 3. The van der Waals surface area contributed by atoms with Gasteiger partial charge in [0, 0.05) is 22.5 Å². The Balaban J connectivity index is 1.53. The van der Waals surface area contributed by atoms with Crippen molar-refractivity contribution < 1.29 is 13.5 Å². The molecule has 1 aromatic heterocycles. The van der Waals surface area contributed by atoms with Gasteiger partial charge in [-0.2, -0.15) is 4.98 Å². The molecule has 0 amide bonds. The molecule has 0 radical (unpaired) electrons. The number of ether oxygens (including phenoxy) is 1. The van der Waals surface area contributed by atoms with Crippen molar-refractivity contribution in [2.45, 2.75) is 6.04 Å². The fourth-order valence-corrected chi connectivity index (χ4v) is 2.78. The molecule has 0 aliphatic carbocycles. The molecule has 2 N–H and O–H groups in total. The lowest BCUT2D eigenvalue weighted by atomic mass is 10.2. The van der Waals surface area contributed by atoms with Crippen molar-refractivity contribution in [3.8, 4) is 5.69 Å². The van der Waals surface area contributed by atoms with Crippen LogP contribution in [0.1, 0.15) is 0 Å². The van der Waals surface area contributed by atoms with E-state index in [2.05, 4.69) is 20.7 Å². The van der Waals surface area contributed by atoms with E-state index in [0.29, 0.717) is 23.9 Å². The molecular formula is C17H14ClF2N5O. The maximum absolute atomic E-state index is 13.3. The summed E-state index contributed by atoms with van der Waals surface area (Å²) in [6, 6.07) is 8.81. The number of anilines is 3. The molecule has 1 fully saturated rings. The van der Waals surface area contributed by atoms with E-state index in [1.807, 2.05) is 12.1 Å². The van der Waals surface area contributed by atoms with Gasteiger partial charge in [0.15, 0.2) is 0 Å². The molecule has 1 aliphatic heterocycles. The van der Waals surface area contributed by atoms with E-state index in [1.165, 1.54) is 23.1 Å². The van der Waals surface area contributed by atoms with Crippen molar-refractivity contribution in [2.75, 3.05) is 23.8 Å². The van der Waals surface area contributed by atoms with E-state index >= 15 is 0 Å². The van der Waals surface area contributed by atoms with Gasteiger partial charge in [-0.1, -0.05) is 11.6 Å². The van der Waals surface area contributed by atoms with Gasteiger partial charge in [-0.25, -0.2) is 13.5 Å². The van der Waals surface area contributed by atoms with Crippen LogP contribution in [0.4, 0.5) is 26.1 Å². The van der Waals surface area contributed by atoms with Gasteiger partial charge in [0.1, 0.15) is 18.0 Å². The Hall–Kier alpha value is -2.71. The first-order valence-corrected chi connectivity index (χ1v) is 8.23. The first-order valence-electron chi connectivity index (χ1n) is 7.85. The third kappa shape index (κ3) is 3.76. The summed E-state index contributed by atoms with van der Waals surface area (Å²) < 4.78 is 33.1. The Kier molecular flexibility index (Phi) is 4.44. The molecule has 2 aromatic carbocycles. The number of rotatable bonds is 5. The van der Waals surface area contributed by atoms with Gasteiger partial charge in [-0.3, -0.25) is 0 Å². The van der Waals surface area contributed by atoms with E-state index < -0.39 is 11.6 Å². The van der Waals surface area contributed by atoms with Crippen LogP contribution in [0.15, 0.2) is 42.7 Å². The van der Waals surface area contributed by atoms with E-state index in [4.69, 9.17) is 16.3 Å². The van der Waals surface area contributed by atoms with Crippen LogP contribution in [-0.4, -0.2) is 34.0 Å². The van der Waals surface area contributed by atoms with Crippen molar-refractivity contribution in [1.82, 2.24) is 14.8 Å². The molecule has 134 valence electrons. The highest BCUT2D eigenvalue weighted by atomic mass is 35.5. The van der Waals surface area contributed by atoms with Crippen molar-refractivity contribution in [3.63, 3.8) is 0 Å². The van der Waals surface area contributed by atoms with E-state index in [1.54, 1.807) is 6.07 Å². The Labute approximate surface area is 152 Å². The number of benzene rings is 2. The normalized spacial score (nSPS) is 14.1. The van der Waals surface area contributed by atoms with Gasteiger partial charge >= 0.3 is 0 Å². The maximum atomic E-state index is 13.3. The van der Waals surface area contributed by atoms with Crippen molar-refractivity contribution in [3.05, 3.63) is 59.4 Å². The fourth-order valence-electron chi connectivity index (χ4n) is 2.55.